The van der Waals surface area contributed by atoms with E-state index in [1.54, 1.807) is 0 Å². The van der Waals surface area contributed by atoms with Gasteiger partial charge in [-0.2, -0.15) is 17.5 Å². The third kappa shape index (κ3) is 3.71. The van der Waals surface area contributed by atoms with Crippen LogP contribution in [0.3, 0.4) is 0 Å². The molecule has 1 saturated heterocycles. The first kappa shape index (κ1) is 16.4. The zero-order valence-corrected chi connectivity index (χ0v) is 14.0. The molecule has 0 radical (unpaired) electrons. The molecule has 2 aromatic rings. The summed E-state index contributed by atoms with van der Waals surface area (Å²) in [6.07, 6.45) is -2.82. The van der Waals surface area contributed by atoms with E-state index in [0.717, 1.165) is 30.3 Å². The van der Waals surface area contributed by atoms with E-state index in [1.165, 1.54) is 11.5 Å². The maximum absolute atomic E-state index is 12.6. The first-order valence-electron chi connectivity index (χ1n) is 7.20. The zero-order chi connectivity index (χ0) is 16.4. The average molecular weight is 364 g/mol. The van der Waals surface area contributed by atoms with E-state index < -0.39 is 11.2 Å². The maximum atomic E-state index is 12.6. The van der Waals surface area contributed by atoms with Crippen LogP contribution >= 0.6 is 22.9 Å². The monoisotopic (exact) mass is 364 g/mol. The summed E-state index contributed by atoms with van der Waals surface area (Å²) in [6, 6.07) is 0. The average Bonchev–Trinajstić information content (AvgIpc) is 3.12. The predicted molar refractivity (Wildman–Crippen MR) is 83.2 cm³/mol. The van der Waals surface area contributed by atoms with Gasteiger partial charge < -0.3 is 9.80 Å². The fraction of sp³-hybridized carbons (Fsp3) is 0.667. The van der Waals surface area contributed by atoms with Crippen LogP contribution in [0.25, 0.3) is 0 Å². The van der Waals surface area contributed by atoms with Crippen LogP contribution in [-0.2, 0) is 12.6 Å². The predicted octanol–water partition coefficient (Wildman–Crippen LogP) is 2.69. The molecule has 11 heteroatoms. The molecule has 1 aliphatic rings. The summed E-state index contributed by atoms with van der Waals surface area (Å²) >= 11 is 1.96. The van der Waals surface area contributed by atoms with Gasteiger partial charge in [0.15, 0.2) is 0 Å². The van der Waals surface area contributed by atoms with Crippen LogP contribution in [-0.4, -0.2) is 45.7 Å². The summed E-state index contributed by atoms with van der Waals surface area (Å²) in [5.74, 6) is 0.824. The van der Waals surface area contributed by atoms with Crippen molar-refractivity contribution in [2.45, 2.75) is 25.9 Å². The minimum Gasteiger partial charge on any atom is -0.345 e. The van der Waals surface area contributed by atoms with E-state index in [0.29, 0.717) is 36.1 Å². The lowest BCUT2D eigenvalue weighted by Gasteiger charge is -2.20. The molecule has 0 aliphatic carbocycles. The maximum Gasteiger partial charge on any atom is 0.445 e. The number of rotatable bonds is 3. The van der Waals surface area contributed by atoms with Gasteiger partial charge in [-0.15, -0.1) is 10.2 Å². The largest absolute Gasteiger partial charge is 0.445 e. The van der Waals surface area contributed by atoms with Crippen LogP contribution in [0.2, 0.25) is 0 Å². The summed E-state index contributed by atoms with van der Waals surface area (Å²) in [5.41, 5.74) is 0. The Kier molecular flexibility index (Phi) is 4.67. The number of nitrogens with zero attached hydrogens (tertiary/aromatic N) is 6. The minimum atomic E-state index is -4.43. The van der Waals surface area contributed by atoms with Gasteiger partial charge in [0.2, 0.25) is 15.3 Å². The molecule has 23 heavy (non-hydrogen) atoms. The highest BCUT2D eigenvalue weighted by Crippen LogP contribution is 2.34. The Bertz CT molecular complexity index is 655. The summed E-state index contributed by atoms with van der Waals surface area (Å²) in [4.78, 5) is 8.45. The molecule has 3 heterocycles. The molecule has 0 N–H and O–H groups in total. The van der Waals surface area contributed by atoms with Gasteiger partial charge in [-0.3, -0.25) is 0 Å². The number of anilines is 2. The zero-order valence-electron chi connectivity index (χ0n) is 12.4. The van der Waals surface area contributed by atoms with Gasteiger partial charge in [-0.1, -0.05) is 18.3 Å². The topological polar surface area (TPSA) is 58.0 Å². The van der Waals surface area contributed by atoms with E-state index in [-0.39, 0.29) is 0 Å². The summed E-state index contributed by atoms with van der Waals surface area (Å²) in [6.45, 7) is 4.73. The Labute approximate surface area is 139 Å². The second-order valence-electron chi connectivity index (χ2n) is 5.06. The molecule has 6 nitrogen and oxygen atoms in total. The van der Waals surface area contributed by atoms with Gasteiger partial charge in [-0.25, -0.2) is 4.98 Å². The van der Waals surface area contributed by atoms with Crippen molar-refractivity contribution in [1.29, 1.82) is 0 Å². The van der Waals surface area contributed by atoms with E-state index in [2.05, 4.69) is 24.5 Å². The van der Waals surface area contributed by atoms with Crippen molar-refractivity contribution in [1.82, 2.24) is 19.6 Å². The van der Waals surface area contributed by atoms with Crippen molar-refractivity contribution in [3.8, 4) is 0 Å². The van der Waals surface area contributed by atoms with Crippen LogP contribution in [0.5, 0.6) is 0 Å². The molecular formula is C12H15F3N6S2. The van der Waals surface area contributed by atoms with Crippen LogP contribution in [0.15, 0.2) is 0 Å². The molecule has 0 saturated carbocycles. The molecule has 0 bridgehead atoms. The van der Waals surface area contributed by atoms with Gasteiger partial charge in [0.1, 0.15) is 5.82 Å². The molecule has 2 aromatic heterocycles. The van der Waals surface area contributed by atoms with E-state index in [9.17, 15) is 13.2 Å². The van der Waals surface area contributed by atoms with Crippen molar-refractivity contribution < 1.29 is 13.2 Å². The molecule has 0 aromatic carbocycles. The third-order valence-electron chi connectivity index (χ3n) is 3.47. The molecule has 0 spiro atoms. The molecular weight excluding hydrogens is 349 g/mol. The Morgan fingerprint density at radius 3 is 2.30 bits per heavy atom. The number of hydrogen-bond acceptors (Lipinski definition) is 8. The van der Waals surface area contributed by atoms with Crippen molar-refractivity contribution in [2.24, 2.45) is 0 Å². The molecule has 1 aliphatic heterocycles. The van der Waals surface area contributed by atoms with Crippen molar-refractivity contribution in [3.63, 3.8) is 0 Å². The smallest absolute Gasteiger partial charge is 0.345 e. The number of halogens is 3. The lowest BCUT2D eigenvalue weighted by molar-refractivity contribution is -0.138. The number of alkyl halides is 3. The fourth-order valence-electron chi connectivity index (χ4n) is 2.27. The van der Waals surface area contributed by atoms with Gasteiger partial charge in [0, 0.05) is 44.1 Å². The SMILES string of the molecule is CCc1nsc(N2CCCN(c3nnc(C(F)(F)F)s3)CC2)n1. The molecule has 0 amide bonds. The lowest BCUT2D eigenvalue weighted by Crippen LogP contribution is -2.30. The lowest BCUT2D eigenvalue weighted by atomic mass is 10.4. The number of hydrogen-bond donors (Lipinski definition) is 0. The van der Waals surface area contributed by atoms with Gasteiger partial charge in [-0.05, 0) is 6.42 Å². The molecule has 1 fully saturated rings. The number of aromatic nitrogens is 4. The van der Waals surface area contributed by atoms with Crippen LogP contribution < -0.4 is 9.80 Å². The van der Waals surface area contributed by atoms with E-state index >= 15 is 0 Å². The van der Waals surface area contributed by atoms with Crippen molar-refractivity contribution in [2.75, 3.05) is 36.0 Å². The van der Waals surface area contributed by atoms with Crippen molar-refractivity contribution >= 4 is 33.1 Å². The molecule has 0 unspecified atom stereocenters. The Morgan fingerprint density at radius 1 is 1.04 bits per heavy atom. The molecule has 3 rings (SSSR count). The van der Waals surface area contributed by atoms with Crippen LogP contribution in [0, 0.1) is 0 Å². The minimum absolute atomic E-state index is 0.325. The Balaban J connectivity index is 1.67. The Hall–Kier alpha value is -1.49. The first-order chi connectivity index (χ1) is 11.0. The summed E-state index contributed by atoms with van der Waals surface area (Å²) < 4.78 is 42.2. The first-order valence-corrected chi connectivity index (χ1v) is 8.79. The Morgan fingerprint density at radius 2 is 1.74 bits per heavy atom. The van der Waals surface area contributed by atoms with Gasteiger partial charge in [0.05, 0.1) is 0 Å². The summed E-state index contributed by atoms with van der Waals surface area (Å²) in [5, 5.41) is 7.25. The summed E-state index contributed by atoms with van der Waals surface area (Å²) in [7, 11) is 0. The molecule has 0 atom stereocenters. The third-order valence-corrected chi connectivity index (χ3v) is 5.31. The quantitative estimate of drug-likeness (QED) is 0.835. The standard InChI is InChI=1S/C12H15F3N6S2/c1-2-8-16-10(23-19-8)20-4-3-5-21(7-6-20)11-18-17-9(22-11)12(13,14)15/h2-7H2,1H3. The second kappa shape index (κ2) is 6.56. The van der Waals surface area contributed by atoms with Gasteiger partial charge in [0.25, 0.3) is 0 Å². The number of aryl methyl sites for hydroxylation is 1. The highest BCUT2D eigenvalue weighted by Gasteiger charge is 2.36. The van der Waals surface area contributed by atoms with E-state index in [4.69, 9.17) is 0 Å². The second-order valence-corrected chi connectivity index (χ2v) is 6.75. The fourth-order valence-corrected chi connectivity index (χ4v) is 3.84. The van der Waals surface area contributed by atoms with Gasteiger partial charge >= 0.3 is 6.18 Å². The van der Waals surface area contributed by atoms with Crippen LogP contribution in [0.1, 0.15) is 24.2 Å². The van der Waals surface area contributed by atoms with Crippen molar-refractivity contribution in [3.05, 3.63) is 10.8 Å². The highest BCUT2D eigenvalue weighted by molar-refractivity contribution is 7.15. The van der Waals surface area contributed by atoms with E-state index in [1.807, 2.05) is 11.8 Å². The van der Waals surface area contributed by atoms with Crippen LogP contribution in [0.4, 0.5) is 23.4 Å². The highest BCUT2D eigenvalue weighted by atomic mass is 32.1. The molecule has 126 valence electrons. The normalized spacial score (nSPS) is 16.7.